The number of epoxide rings is 1. The molecule has 0 aliphatic carbocycles. The van der Waals surface area contributed by atoms with Crippen LogP contribution < -0.4 is 0 Å². The van der Waals surface area contributed by atoms with Gasteiger partial charge in [-0.3, -0.25) is 0 Å². The fraction of sp³-hybridized carbons (Fsp3) is 0.333. The molecule has 1 heterocycles. The van der Waals surface area contributed by atoms with Gasteiger partial charge < -0.3 is 24.1 Å². The third-order valence-corrected chi connectivity index (χ3v) is 5.41. The zero-order valence-corrected chi connectivity index (χ0v) is 18.1. The monoisotopic (exact) mass is 434 g/mol. The van der Waals surface area contributed by atoms with Crippen molar-refractivity contribution in [1.82, 2.24) is 0 Å². The van der Waals surface area contributed by atoms with Crippen molar-refractivity contribution in [2.75, 3.05) is 39.6 Å². The topological polar surface area (TPSA) is 60.5 Å². The molecule has 2 unspecified atom stereocenters. The predicted octanol–water partition coefficient (Wildman–Crippen LogP) is 3.79. The van der Waals surface area contributed by atoms with Crippen LogP contribution in [0.15, 0.2) is 91.0 Å². The predicted molar refractivity (Wildman–Crippen MR) is 123 cm³/mol. The molecule has 1 aliphatic rings. The van der Waals surface area contributed by atoms with Crippen molar-refractivity contribution in [3.63, 3.8) is 0 Å². The van der Waals surface area contributed by atoms with Crippen LogP contribution in [-0.4, -0.2) is 57.0 Å². The number of benzene rings is 3. The largest absolute Gasteiger partial charge is 0.388 e. The van der Waals surface area contributed by atoms with Crippen LogP contribution in [0.5, 0.6) is 0 Å². The van der Waals surface area contributed by atoms with E-state index >= 15 is 0 Å². The molecule has 0 saturated carbocycles. The summed E-state index contributed by atoms with van der Waals surface area (Å²) in [6.07, 6.45) is -0.477. The lowest BCUT2D eigenvalue weighted by Crippen LogP contribution is -2.34. The van der Waals surface area contributed by atoms with E-state index in [9.17, 15) is 5.11 Å². The maximum absolute atomic E-state index is 10.0. The summed E-state index contributed by atoms with van der Waals surface area (Å²) in [6.45, 7) is 2.43. The van der Waals surface area contributed by atoms with E-state index < -0.39 is 11.7 Å². The summed E-state index contributed by atoms with van der Waals surface area (Å²) in [7, 11) is 0. The summed E-state index contributed by atoms with van der Waals surface area (Å²) >= 11 is 0. The number of aliphatic hydroxyl groups is 1. The van der Waals surface area contributed by atoms with E-state index in [1.807, 2.05) is 54.6 Å². The molecule has 5 heteroatoms. The Kier molecular flexibility index (Phi) is 8.04. The first kappa shape index (κ1) is 22.6. The molecule has 2 atom stereocenters. The van der Waals surface area contributed by atoms with E-state index in [0.717, 1.165) is 23.3 Å². The molecule has 3 aromatic carbocycles. The average Bonchev–Trinajstić information content (AvgIpc) is 3.68. The molecule has 1 aliphatic heterocycles. The number of aliphatic hydroxyl groups excluding tert-OH is 1. The van der Waals surface area contributed by atoms with E-state index in [1.54, 1.807) is 0 Å². The van der Waals surface area contributed by atoms with Crippen molar-refractivity contribution >= 4 is 0 Å². The molecule has 0 amide bonds. The van der Waals surface area contributed by atoms with Crippen LogP contribution in [0.1, 0.15) is 16.7 Å². The van der Waals surface area contributed by atoms with Crippen LogP contribution in [-0.2, 0) is 24.5 Å². The van der Waals surface area contributed by atoms with Gasteiger partial charge in [0.05, 0.1) is 39.6 Å². The van der Waals surface area contributed by atoms with Crippen molar-refractivity contribution < 1.29 is 24.1 Å². The Labute approximate surface area is 189 Å². The van der Waals surface area contributed by atoms with Gasteiger partial charge in [-0.2, -0.15) is 0 Å². The first-order valence-corrected chi connectivity index (χ1v) is 11.0. The second-order valence-corrected chi connectivity index (χ2v) is 7.85. The van der Waals surface area contributed by atoms with Gasteiger partial charge in [-0.05, 0) is 16.7 Å². The minimum absolute atomic E-state index is 0.193. The molecule has 0 bridgehead atoms. The first-order chi connectivity index (χ1) is 15.8. The van der Waals surface area contributed by atoms with Gasteiger partial charge in [0.25, 0.3) is 0 Å². The lowest BCUT2D eigenvalue weighted by atomic mass is 9.80. The molecule has 0 radical (unpaired) electrons. The van der Waals surface area contributed by atoms with Gasteiger partial charge in [0, 0.05) is 0 Å². The summed E-state index contributed by atoms with van der Waals surface area (Å²) < 4.78 is 22.8. The van der Waals surface area contributed by atoms with Gasteiger partial charge in [-0.25, -0.2) is 0 Å². The van der Waals surface area contributed by atoms with Gasteiger partial charge in [-0.15, -0.1) is 0 Å². The lowest BCUT2D eigenvalue weighted by molar-refractivity contribution is -0.0545. The highest BCUT2D eigenvalue weighted by atomic mass is 16.6. The van der Waals surface area contributed by atoms with Crippen molar-refractivity contribution in [1.29, 1.82) is 0 Å². The van der Waals surface area contributed by atoms with E-state index in [4.69, 9.17) is 18.9 Å². The van der Waals surface area contributed by atoms with Crippen molar-refractivity contribution in [3.05, 3.63) is 108 Å². The van der Waals surface area contributed by atoms with Crippen LogP contribution >= 0.6 is 0 Å². The van der Waals surface area contributed by atoms with Gasteiger partial charge in [0.15, 0.2) is 0 Å². The number of ether oxygens (including phenoxy) is 4. The quantitative estimate of drug-likeness (QED) is 0.252. The van der Waals surface area contributed by atoms with Gasteiger partial charge in [0.2, 0.25) is 0 Å². The molecule has 1 N–H and O–H groups in total. The molecule has 5 nitrogen and oxygen atoms in total. The fourth-order valence-corrected chi connectivity index (χ4v) is 3.79. The Balaban J connectivity index is 1.45. The fourth-order valence-electron chi connectivity index (χ4n) is 3.79. The van der Waals surface area contributed by atoms with E-state index in [1.165, 1.54) is 0 Å². The molecule has 0 aromatic heterocycles. The van der Waals surface area contributed by atoms with Gasteiger partial charge in [-0.1, -0.05) is 91.0 Å². The summed E-state index contributed by atoms with van der Waals surface area (Å²) in [5.41, 5.74) is 2.38. The zero-order chi connectivity index (χ0) is 22.1. The highest BCUT2D eigenvalue weighted by Gasteiger charge is 2.37. The van der Waals surface area contributed by atoms with Crippen molar-refractivity contribution in [2.45, 2.75) is 17.8 Å². The van der Waals surface area contributed by atoms with Crippen LogP contribution in [0.2, 0.25) is 0 Å². The van der Waals surface area contributed by atoms with Crippen LogP contribution in [0.25, 0.3) is 0 Å². The zero-order valence-electron chi connectivity index (χ0n) is 18.1. The van der Waals surface area contributed by atoms with Gasteiger partial charge >= 0.3 is 0 Å². The average molecular weight is 435 g/mol. The summed E-state index contributed by atoms with van der Waals surface area (Å²) in [5.74, 6) is 0. The Morgan fingerprint density at radius 1 is 0.750 bits per heavy atom. The molecule has 1 saturated heterocycles. The molecule has 4 rings (SSSR count). The van der Waals surface area contributed by atoms with Crippen LogP contribution in [0, 0.1) is 0 Å². The first-order valence-electron chi connectivity index (χ1n) is 11.0. The number of hydrogen-bond acceptors (Lipinski definition) is 5. The third kappa shape index (κ3) is 5.82. The minimum Gasteiger partial charge on any atom is -0.388 e. The third-order valence-electron chi connectivity index (χ3n) is 5.41. The molecule has 32 heavy (non-hydrogen) atoms. The Morgan fingerprint density at radius 3 is 1.69 bits per heavy atom. The standard InChI is InChI=1S/C27H30O5/c28-25(19-30-20-26-21-31-26)18-29-16-17-32-27(22-10-4-1-5-11-22,23-12-6-2-7-13-23)24-14-8-3-9-15-24/h1-15,25-26,28H,16-21H2. The molecule has 1 fully saturated rings. The maximum atomic E-state index is 10.0. The van der Waals surface area contributed by atoms with E-state index in [2.05, 4.69) is 36.4 Å². The second-order valence-electron chi connectivity index (χ2n) is 7.85. The normalized spacial score (nSPS) is 16.6. The Hall–Kier alpha value is -2.54. The molecular formula is C27H30O5. The minimum atomic E-state index is -0.765. The Morgan fingerprint density at radius 2 is 1.22 bits per heavy atom. The smallest absolute Gasteiger partial charge is 0.143 e. The van der Waals surface area contributed by atoms with Crippen molar-refractivity contribution in [2.24, 2.45) is 0 Å². The van der Waals surface area contributed by atoms with Crippen LogP contribution in [0.3, 0.4) is 0 Å². The highest BCUT2D eigenvalue weighted by Crippen LogP contribution is 2.40. The Bertz CT molecular complexity index is 816. The van der Waals surface area contributed by atoms with E-state index in [0.29, 0.717) is 19.8 Å². The molecule has 0 spiro atoms. The summed E-state index contributed by atoms with van der Waals surface area (Å²) in [4.78, 5) is 0. The molecule has 168 valence electrons. The summed E-state index contributed by atoms with van der Waals surface area (Å²) in [5, 5.41) is 10.0. The molecule has 3 aromatic rings. The second kappa shape index (κ2) is 11.4. The number of rotatable bonds is 13. The molecular weight excluding hydrogens is 404 g/mol. The van der Waals surface area contributed by atoms with Gasteiger partial charge in [0.1, 0.15) is 17.8 Å². The summed E-state index contributed by atoms with van der Waals surface area (Å²) in [6, 6.07) is 30.7. The van der Waals surface area contributed by atoms with Crippen LogP contribution in [0.4, 0.5) is 0 Å². The van der Waals surface area contributed by atoms with E-state index in [-0.39, 0.29) is 19.3 Å². The highest BCUT2D eigenvalue weighted by molar-refractivity contribution is 5.47. The van der Waals surface area contributed by atoms with Crippen molar-refractivity contribution in [3.8, 4) is 0 Å². The maximum Gasteiger partial charge on any atom is 0.143 e. The lowest BCUT2D eigenvalue weighted by Gasteiger charge is -2.36. The number of hydrogen-bond donors (Lipinski definition) is 1. The SMILES string of the molecule is OC(COCCOC(c1ccccc1)(c1ccccc1)c1ccccc1)COCC1CO1.